The van der Waals surface area contributed by atoms with Gasteiger partial charge in [0.05, 0.1) is 6.07 Å². The zero-order chi connectivity index (χ0) is 19.0. The summed E-state index contributed by atoms with van der Waals surface area (Å²) in [6.45, 7) is 17.2. The molecule has 0 aromatic heterocycles. The van der Waals surface area contributed by atoms with Gasteiger partial charge in [0.2, 0.25) is 0 Å². The number of allylic oxidation sites excluding steroid dienone is 1. The van der Waals surface area contributed by atoms with Crippen LogP contribution in [0.15, 0.2) is 11.1 Å². The van der Waals surface area contributed by atoms with Crippen LogP contribution in [0.2, 0.25) is 16.6 Å². The van der Waals surface area contributed by atoms with Crippen LogP contribution in [0.4, 0.5) is 0 Å². The SMILES string of the molecule is CCCCC[C@@H](CO[Si](C(C)C)(C(C)C)C(C)C)C1=C(C#N)CCC1. The molecule has 0 saturated heterocycles. The van der Waals surface area contributed by atoms with Crippen LogP contribution in [0, 0.1) is 17.2 Å². The van der Waals surface area contributed by atoms with E-state index in [0.717, 1.165) is 31.4 Å². The first-order valence-electron chi connectivity index (χ1n) is 10.6. The van der Waals surface area contributed by atoms with Crippen LogP contribution in [-0.2, 0) is 4.43 Å². The largest absolute Gasteiger partial charge is 0.415 e. The van der Waals surface area contributed by atoms with Crippen LogP contribution < -0.4 is 0 Å². The van der Waals surface area contributed by atoms with E-state index in [1.807, 2.05) is 0 Å². The molecule has 1 atom stereocenters. The highest BCUT2D eigenvalue weighted by atomic mass is 28.4. The molecule has 0 radical (unpaired) electrons. The molecule has 0 spiro atoms. The van der Waals surface area contributed by atoms with Crippen LogP contribution in [0.25, 0.3) is 0 Å². The summed E-state index contributed by atoms with van der Waals surface area (Å²) in [6, 6.07) is 2.49. The molecule has 1 rings (SSSR count). The summed E-state index contributed by atoms with van der Waals surface area (Å²) in [5, 5.41) is 9.51. The van der Waals surface area contributed by atoms with Crippen molar-refractivity contribution in [1.82, 2.24) is 0 Å². The summed E-state index contributed by atoms with van der Waals surface area (Å²) in [5.74, 6) is 0.465. The summed E-state index contributed by atoms with van der Waals surface area (Å²) in [4.78, 5) is 0. The number of hydrogen-bond donors (Lipinski definition) is 0. The van der Waals surface area contributed by atoms with E-state index < -0.39 is 8.32 Å². The molecular weight excluding hydrogens is 322 g/mol. The number of nitrogens with zero attached hydrogens (tertiary/aromatic N) is 1. The van der Waals surface area contributed by atoms with Gasteiger partial charge in [-0.15, -0.1) is 0 Å². The lowest BCUT2D eigenvalue weighted by Gasteiger charge is -2.43. The molecule has 2 nitrogen and oxygen atoms in total. The van der Waals surface area contributed by atoms with Gasteiger partial charge in [0.1, 0.15) is 0 Å². The maximum Gasteiger partial charge on any atom is 0.200 e. The second kappa shape index (κ2) is 10.5. The van der Waals surface area contributed by atoms with Crippen LogP contribution in [0.5, 0.6) is 0 Å². The first-order chi connectivity index (χ1) is 11.8. The highest BCUT2D eigenvalue weighted by Crippen LogP contribution is 2.43. The fraction of sp³-hybridized carbons (Fsp3) is 0.864. The van der Waals surface area contributed by atoms with Crippen molar-refractivity contribution in [2.75, 3.05) is 6.61 Å². The fourth-order valence-corrected chi connectivity index (χ4v) is 10.6. The zero-order valence-corrected chi connectivity index (χ0v) is 18.8. The third kappa shape index (κ3) is 5.44. The van der Waals surface area contributed by atoms with Gasteiger partial charge in [-0.05, 0) is 42.3 Å². The summed E-state index contributed by atoms with van der Waals surface area (Å²) in [5.41, 5.74) is 4.36. The van der Waals surface area contributed by atoms with Crippen LogP contribution in [-0.4, -0.2) is 14.9 Å². The molecule has 0 amide bonds. The number of hydrogen-bond acceptors (Lipinski definition) is 2. The van der Waals surface area contributed by atoms with Crippen molar-refractivity contribution in [1.29, 1.82) is 5.26 Å². The van der Waals surface area contributed by atoms with E-state index in [1.54, 1.807) is 0 Å². The van der Waals surface area contributed by atoms with E-state index >= 15 is 0 Å². The number of rotatable bonds is 11. The maximum atomic E-state index is 9.51. The molecular formula is C22H41NOSi. The summed E-state index contributed by atoms with van der Waals surface area (Å²) in [7, 11) is -1.83. The van der Waals surface area contributed by atoms with E-state index in [9.17, 15) is 5.26 Å². The molecule has 0 heterocycles. The van der Waals surface area contributed by atoms with Crippen molar-refractivity contribution >= 4 is 8.32 Å². The molecule has 0 fully saturated rings. The van der Waals surface area contributed by atoms with Crippen molar-refractivity contribution in [3.63, 3.8) is 0 Å². The minimum Gasteiger partial charge on any atom is -0.415 e. The first kappa shape index (κ1) is 22.4. The molecule has 1 aliphatic rings. The quantitative estimate of drug-likeness (QED) is 0.283. The molecule has 0 aromatic rings. The van der Waals surface area contributed by atoms with Gasteiger partial charge < -0.3 is 4.43 Å². The van der Waals surface area contributed by atoms with Crippen molar-refractivity contribution in [2.45, 2.75) is 110 Å². The van der Waals surface area contributed by atoms with E-state index in [-0.39, 0.29) is 0 Å². The Bertz CT molecular complexity index is 451. The van der Waals surface area contributed by atoms with Gasteiger partial charge in [-0.25, -0.2) is 0 Å². The minimum absolute atomic E-state index is 0.465. The van der Waals surface area contributed by atoms with Crippen LogP contribution in [0.3, 0.4) is 0 Å². The van der Waals surface area contributed by atoms with E-state index in [4.69, 9.17) is 4.43 Å². The van der Waals surface area contributed by atoms with E-state index in [1.165, 1.54) is 31.3 Å². The predicted molar refractivity (Wildman–Crippen MR) is 111 cm³/mol. The molecule has 3 heteroatoms. The Morgan fingerprint density at radius 1 is 1.00 bits per heavy atom. The second-order valence-corrected chi connectivity index (χ2v) is 14.3. The Balaban J connectivity index is 2.98. The van der Waals surface area contributed by atoms with Crippen LogP contribution in [0.1, 0.15) is 93.4 Å². The topological polar surface area (TPSA) is 33.0 Å². The molecule has 0 bridgehead atoms. The van der Waals surface area contributed by atoms with Gasteiger partial charge in [-0.1, -0.05) is 73.3 Å². The van der Waals surface area contributed by atoms with E-state index in [2.05, 4.69) is 54.5 Å². The third-order valence-corrected chi connectivity index (χ3v) is 12.4. The molecule has 0 aliphatic heterocycles. The standard InChI is InChI=1S/C22H41NOSi/c1-8-9-10-12-21(22-14-11-13-20(22)15-23)16-24-25(17(2)3,18(4)5)19(6)7/h17-19,21H,8-14,16H2,1-7H3/t21-/m0/s1. The Morgan fingerprint density at radius 3 is 2.08 bits per heavy atom. The Kier molecular flexibility index (Phi) is 9.46. The Labute approximate surface area is 158 Å². The second-order valence-electron chi connectivity index (χ2n) is 8.79. The normalized spacial score (nSPS) is 17.0. The lowest BCUT2D eigenvalue weighted by molar-refractivity contribution is 0.227. The molecule has 0 saturated carbocycles. The molecule has 0 N–H and O–H groups in total. The predicted octanol–water partition coefficient (Wildman–Crippen LogP) is 7.38. The van der Waals surface area contributed by atoms with Gasteiger partial charge in [0.15, 0.2) is 8.32 Å². The van der Waals surface area contributed by atoms with Gasteiger partial charge in [-0.2, -0.15) is 5.26 Å². The fourth-order valence-electron chi connectivity index (χ4n) is 5.09. The lowest BCUT2D eigenvalue weighted by Crippen LogP contribution is -2.48. The Hall–Kier alpha value is -0.593. The molecule has 0 aromatic carbocycles. The minimum atomic E-state index is -1.83. The smallest absolute Gasteiger partial charge is 0.200 e. The van der Waals surface area contributed by atoms with Crippen molar-refractivity contribution in [3.8, 4) is 6.07 Å². The highest BCUT2D eigenvalue weighted by Gasteiger charge is 2.45. The molecule has 144 valence electrons. The molecule has 0 unspecified atom stereocenters. The van der Waals surface area contributed by atoms with Crippen molar-refractivity contribution < 1.29 is 4.43 Å². The van der Waals surface area contributed by atoms with Crippen molar-refractivity contribution in [3.05, 3.63) is 11.1 Å². The van der Waals surface area contributed by atoms with Gasteiger partial charge in [0.25, 0.3) is 0 Å². The first-order valence-corrected chi connectivity index (χ1v) is 12.7. The van der Waals surface area contributed by atoms with Gasteiger partial charge in [0, 0.05) is 18.1 Å². The average Bonchev–Trinajstić information content (AvgIpc) is 3.01. The molecule has 25 heavy (non-hydrogen) atoms. The Morgan fingerprint density at radius 2 is 1.60 bits per heavy atom. The maximum absolute atomic E-state index is 9.51. The highest BCUT2D eigenvalue weighted by molar-refractivity contribution is 6.77. The number of unbranched alkanes of at least 4 members (excludes halogenated alkanes) is 2. The van der Waals surface area contributed by atoms with E-state index in [0.29, 0.717) is 22.5 Å². The third-order valence-electron chi connectivity index (χ3n) is 6.29. The van der Waals surface area contributed by atoms with Gasteiger partial charge in [-0.3, -0.25) is 0 Å². The molecule has 1 aliphatic carbocycles. The summed E-state index contributed by atoms with van der Waals surface area (Å²) in [6.07, 6.45) is 8.23. The lowest BCUT2D eigenvalue weighted by atomic mass is 9.91. The monoisotopic (exact) mass is 363 g/mol. The summed E-state index contributed by atoms with van der Waals surface area (Å²) >= 11 is 0. The van der Waals surface area contributed by atoms with Crippen LogP contribution >= 0.6 is 0 Å². The zero-order valence-electron chi connectivity index (χ0n) is 17.8. The van der Waals surface area contributed by atoms with Crippen molar-refractivity contribution in [2.24, 2.45) is 5.92 Å². The summed E-state index contributed by atoms with van der Waals surface area (Å²) < 4.78 is 6.91. The number of nitriles is 1. The average molecular weight is 364 g/mol. The van der Waals surface area contributed by atoms with Gasteiger partial charge >= 0.3 is 0 Å².